The van der Waals surface area contributed by atoms with Gasteiger partial charge in [-0.1, -0.05) is 48.9 Å². The zero-order valence-electron chi connectivity index (χ0n) is 26.6. The average molecular weight is 683 g/mol. The zero-order valence-corrected chi connectivity index (χ0v) is 28.2. The number of amides is 3. The van der Waals surface area contributed by atoms with Crippen LogP contribution in [0, 0.1) is 5.92 Å². The second-order valence-corrected chi connectivity index (χ2v) is 16.3. The highest BCUT2D eigenvalue weighted by Gasteiger charge is 2.43. The minimum Gasteiger partial charge on any atom is -0.399 e. The summed E-state index contributed by atoms with van der Waals surface area (Å²) in [7, 11) is -3.67. The summed E-state index contributed by atoms with van der Waals surface area (Å²) >= 11 is 1.88. The summed E-state index contributed by atoms with van der Waals surface area (Å²) in [6.45, 7) is 1.80. The Morgan fingerprint density at radius 2 is 1.98 bits per heavy atom. The maximum atomic E-state index is 14.1. The van der Waals surface area contributed by atoms with Crippen LogP contribution in [0.5, 0.6) is 0 Å². The van der Waals surface area contributed by atoms with E-state index in [2.05, 4.69) is 36.9 Å². The van der Waals surface area contributed by atoms with Gasteiger partial charge in [-0.3, -0.25) is 9.69 Å². The smallest absolute Gasteiger partial charge is 0.315 e. The molecule has 1 aliphatic carbocycles. The van der Waals surface area contributed by atoms with Crippen molar-refractivity contribution in [2.24, 2.45) is 11.7 Å². The first-order chi connectivity index (χ1) is 22.7. The van der Waals surface area contributed by atoms with Crippen molar-refractivity contribution in [2.75, 3.05) is 31.1 Å². The number of nitrogens with zero attached hydrogens (tertiary/aromatic N) is 3. The highest BCUT2D eigenvalue weighted by molar-refractivity contribution is 8.00. The van der Waals surface area contributed by atoms with Crippen LogP contribution in [0.4, 0.5) is 4.79 Å². The number of allylic oxidation sites excluding steroid dienone is 1. The SMILES string of the molecule is NC1=CC2CN(S(=O)(=O)CCCNC(=O)CCCCC3SC[C@@H]4NC(=O)N[C@H]34)[C@H](Cc3ccccc3)CN(Cc3cnc[nH]3)C2C=C1. The number of thioether (sulfide) groups is 1. The molecule has 3 aliphatic heterocycles. The predicted molar refractivity (Wildman–Crippen MR) is 184 cm³/mol. The van der Waals surface area contributed by atoms with Crippen molar-refractivity contribution < 1.29 is 18.0 Å². The van der Waals surface area contributed by atoms with E-state index >= 15 is 0 Å². The second kappa shape index (κ2) is 15.3. The maximum absolute atomic E-state index is 14.1. The van der Waals surface area contributed by atoms with Crippen LogP contribution in [0.2, 0.25) is 0 Å². The van der Waals surface area contributed by atoms with Gasteiger partial charge in [-0.05, 0) is 37.3 Å². The second-order valence-electron chi connectivity index (χ2n) is 13.0. The van der Waals surface area contributed by atoms with Gasteiger partial charge in [0.25, 0.3) is 0 Å². The van der Waals surface area contributed by atoms with Crippen LogP contribution in [0.3, 0.4) is 0 Å². The quantitative estimate of drug-likeness (QED) is 0.149. The lowest BCUT2D eigenvalue weighted by atomic mass is 9.92. The molecule has 3 amide bonds. The molecule has 4 heterocycles. The van der Waals surface area contributed by atoms with Gasteiger partial charge in [0.15, 0.2) is 0 Å². The van der Waals surface area contributed by atoms with Gasteiger partial charge < -0.3 is 26.7 Å². The van der Waals surface area contributed by atoms with E-state index in [9.17, 15) is 18.0 Å². The Labute approximate surface area is 281 Å². The van der Waals surface area contributed by atoms with Crippen molar-refractivity contribution in [1.82, 2.24) is 35.1 Å². The van der Waals surface area contributed by atoms with Crippen LogP contribution >= 0.6 is 11.8 Å². The lowest BCUT2D eigenvalue weighted by molar-refractivity contribution is -0.121. The minimum absolute atomic E-state index is 0.00867. The fourth-order valence-corrected chi connectivity index (χ4v) is 10.5. The Hall–Kier alpha value is -3.33. The first-order valence-corrected chi connectivity index (χ1v) is 19.3. The summed E-state index contributed by atoms with van der Waals surface area (Å²) in [6.07, 6.45) is 13.4. The summed E-state index contributed by atoms with van der Waals surface area (Å²) in [6, 6.07) is 10.0. The molecule has 0 saturated carbocycles. The van der Waals surface area contributed by atoms with Crippen LogP contribution in [-0.4, -0.2) is 100 Å². The van der Waals surface area contributed by atoms with E-state index in [-0.39, 0.29) is 47.8 Å². The minimum atomic E-state index is -3.67. The number of fused-ring (bicyclic) bond motifs is 2. The molecule has 6 N–H and O–H groups in total. The molecule has 6 atom stereocenters. The first kappa shape index (κ1) is 33.6. The molecule has 1 aromatic heterocycles. The predicted octanol–water partition coefficient (Wildman–Crippen LogP) is 2.10. The van der Waals surface area contributed by atoms with E-state index in [1.54, 1.807) is 10.6 Å². The zero-order chi connectivity index (χ0) is 32.8. The maximum Gasteiger partial charge on any atom is 0.315 e. The van der Waals surface area contributed by atoms with E-state index in [0.717, 1.165) is 36.3 Å². The van der Waals surface area contributed by atoms with Crippen molar-refractivity contribution in [3.05, 3.63) is 78.0 Å². The van der Waals surface area contributed by atoms with E-state index in [0.29, 0.717) is 56.4 Å². The van der Waals surface area contributed by atoms with E-state index in [1.165, 1.54) is 0 Å². The molecule has 254 valence electrons. The number of sulfonamides is 1. The van der Waals surface area contributed by atoms with E-state index in [1.807, 2.05) is 60.4 Å². The number of nitrogens with one attached hydrogen (secondary N) is 4. The molecule has 0 bridgehead atoms. The molecule has 14 heteroatoms. The number of carbonyl (C=O) groups excluding carboxylic acids is 2. The Bertz CT molecular complexity index is 1530. The van der Waals surface area contributed by atoms with Crippen LogP contribution in [0.15, 0.2) is 66.8 Å². The van der Waals surface area contributed by atoms with Gasteiger partial charge in [0.2, 0.25) is 15.9 Å². The summed E-state index contributed by atoms with van der Waals surface area (Å²) in [5.41, 5.74) is 8.92. The van der Waals surface area contributed by atoms with Crippen molar-refractivity contribution in [3.8, 4) is 0 Å². The normalized spacial score (nSPS) is 27.7. The van der Waals surface area contributed by atoms with Gasteiger partial charge >= 0.3 is 6.03 Å². The number of aromatic amines is 1. The summed E-state index contributed by atoms with van der Waals surface area (Å²) < 4.78 is 29.8. The summed E-state index contributed by atoms with van der Waals surface area (Å²) in [5.74, 6) is 0.716. The number of hydrogen-bond donors (Lipinski definition) is 5. The highest BCUT2D eigenvalue weighted by atomic mass is 32.2. The third-order valence-corrected chi connectivity index (χ3v) is 13.1. The molecule has 0 spiro atoms. The van der Waals surface area contributed by atoms with Crippen molar-refractivity contribution in [3.63, 3.8) is 0 Å². The molecule has 4 aliphatic rings. The van der Waals surface area contributed by atoms with Gasteiger partial charge in [-0.15, -0.1) is 0 Å². The standard InChI is InChI=1S/C33H46N8O4S2/c34-25-11-12-29-24(16-25)18-41(27(15-23-7-2-1-3-8-23)20-40(29)19-26-17-35-22-37-26)47(44,45)14-6-13-36-31(42)10-5-4-9-30-32-28(21-46-30)38-33(43)39-32/h1-3,7-8,11-12,16-17,22,24,27-30,32H,4-6,9-10,13-15,18-21,34H2,(H,35,37)(H,36,42)(H2,38,39,43)/t24?,27-,28+,29?,30?,32+/m1/s1. The number of H-pyrrole nitrogens is 1. The van der Waals surface area contributed by atoms with Crippen molar-refractivity contribution in [2.45, 2.75) is 74.5 Å². The number of urea groups is 1. The third kappa shape index (κ3) is 8.59. The number of aromatic nitrogens is 2. The molecule has 0 radical (unpaired) electrons. The van der Waals surface area contributed by atoms with E-state index < -0.39 is 10.0 Å². The molecule has 6 rings (SSSR count). The third-order valence-electron chi connectivity index (χ3n) is 9.58. The van der Waals surface area contributed by atoms with Crippen LogP contribution < -0.4 is 21.7 Å². The highest BCUT2D eigenvalue weighted by Crippen LogP contribution is 2.33. The molecular formula is C33H46N8O4S2. The number of nitrogens with two attached hydrogens (primary N) is 1. The molecule has 3 fully saturated rings. The van der Waals surface area contributed by atoms with Gasteiger partial charge in [0, 0.05) is 79.2 Å². The molecule has 1 aromatic carbocycles. The van der Waals surface area contributed by atoms with Crippen LogP contribution in [-0.2, 0) is 27.8 Å². The molecule has 47 heavy (non-hydrogen) atoms. The van der Waals surface area contributed by atoms with Crippen molar-refractivity contribution in [1.29, 1.82) is 0 Å². The molecule has 2 aromatic rings. The Morgan fingerprint density at radius 1 is 1.13 bits per heavy atom. The van der Waals surface area contributed by atoms with Gasteiger partial charge in [-0.2, -0.15) is 16.1 Å². The Morgan fingerprint density at radius 3 is 2.79 bits per heavy atom. The van der Waals surface area contributed by atoms with Gasteiger partial charge in [-0.25, -0.2) is 18.2 Å². The monoisotopic (exact) mass is 682 g/mol. The van der Waals surface area contributed by atoms with E-state index in [4.69, 9.17) is 5.73 Å². The summed E-state index contributed by atoms with van der Waals surface area (Å²) in [5, 5.41) is 9.27. The van der Waals surface area contributed by atoms with Crippen LogP contribution in [0.25, 0.3) is 0 Å². The fourth-order valence-electron chi connectivity index (χ4n) is 7.26. The first-order valence-electron chi connectivity index (χ1n) is 16.6. The lowest BCUT2D eigenvalue weighted by Crippen LogP contribution is -2.47. The fraction of sp³-hybridized carbons (Fsp3) is 0.545. The number of unbranched alkanes of at least 4 members (excludes halogenated alkanes) is 1. The Balaban J connectivity index is 1.04. The van der Waals surface area contributed by atoms with Gasteiger partial charge in [0.1, 0.15) is 0 Å². The molecule has 12 nitrogen and oxygen atoms in total. The summed E-state index contributed by atoms with van der Waals surface area (Å²) in [4.78, 5) is 33.9. The lowest BCUT2D eigenvalue weighted by Gasteiger charge is -2.33. The number of carbonyl (C=O) groups is 2. The number of rotatable bonds is 14. The largest absolute Gasteiger partial charge is 0.399 e. The van der Waals surface area contributed by atoms with Crippen LogP contribution in [0.1, 0.15) is 43.4 Å². The number of hydrogen-bond acceptors (Lipinski definition) is 8. The van der Waals surface area contributed by atoms with Crippen molar-refractivity contribution >= 4 is 33.7 Å². The topological polar surface area (TPSA) is 166 Å². The van der Waals surface area contributed by atoms with Gasteiger partial charge in [0.05, 0.1) is 24.2 Å². The molecule has 3 saturated heterocycles. The molecular weight excluding hydrogens is 637 g/mol. The number of imidazole rings is 1. The molecule has 3 unspecified atom stereocenters. The Kier molecular flexibility index (Phi) is 10.9. The average Bonchev–Trinajstić information content (AvgIpc) is 3.76. The number of benzene rings is 1.